The third kappa shape index (κ3) is 5.91. The number of hydrogen-bond donors (Lipinski definition) is 3. The highest BCUT2D eigenvalue weighted by Gasteiger charge is 2.22. The first-order valence-corrected chi connectivity index (χ1v) is 8.98. The number of rotatable bonds is 4. The monoisotopic (exact) mass is 380 g/mol. The van der Waals surface area contributed by atoms with Gasteiger partial charge in [0.05, 0.1) is 12.1 Å². The third-order valence-electron chi connectivity index (χ3n) is 3.79. The summed E-state index contributed by atoms with van der Waals surface area (Å²) >= 11 is 6.02. The Bertz CT molecular complexity index is 694. The van der Waals surface area contributed by atoms with Crippen molar-refractivity contribution in [1.82, 2.24) is 15.5 Å². The number of anilines is 1. The van der Waals surface area contributed by atoms with Gasteiger partial charge >= 0.3 is 6.03 Å². The van der Waals surface area contributed by atoms with Gasteiger partial charge in [-0.25, -0.2) is 4.79 Å². The predicted molar refractivity (Wildman–Crippen MR) is 102 cm³/mol. The maximum atomic E-state index is 12.6. The van der Waals surface area contributed by atoms with Gasteiger partial charge in [-0.15, -0.1) is 0 Å². The second-order valence-electron chi connectivity index (χ2n) is 7.30. The van der Waals surface area contributed by atoms with E-state index in [1.54, 1.807) is 23.1 Å². The standard InChI is InChI=1S/C18H25ClN4O3/c1-18(2,3)22-17(26)21-15(24)11-20-14-10-12(19)6-7-13(14)16(25)23-8-4-5-9-23/h6-7,10,20H,4-5,8-9,11H2,1-3H3,(H2,21,22,24,26). The highest BCUT2D eigenvalue weighted by Crippen LogP contribution is 2.24. The van der Waals surface area contributed by atoms with Gasteiger partial charge in [0.15, 0.2) is 0 Å². The molecule has 2 rings (SSSR count). The van der Waals surface area contributed by atoms with Gasteiger partial charge in [-0.2, -0.15) is 0 Å². The Kier molecular flexibility index (Phi) is 6.47. The molecule has 142 valence electrons. The Labute approximate surface area is 158 Å². The van der Waals surface area contributed by atoms with E-state index >= 15 is 0 Å². The van der Waals surface area contributed by atoms with E-state index in [1.807, 2.05) is 20.8 Å². The molecule has 1 fully saturated rings. The Morgan fingerprint density at radius 3 is 2.42 bits per heavy atom. The van der Waals surface area contributed by atoms with Crippen molar-refractivity contribution in [3.63, 3.8) is 0 Å². The van der Waals surface area contributed by atoms with Crippen LogP contribution in [0.2, 0.25) is 5.02 Å². The van der Waals surface area contributed by atoms with Gasteiger partial charge in [0.25, 0.3) is 5.91 Å². The third-order valence-corrected chi connectivity index (χ3v) is 4.02. The fourth-order valence-electron chi connectivity index (χ4n) is 2.66. The van der Waals surface area contributed by atoms with Crippen molar-refractivity contribution in [1.29, 1.82) is 0 Å². The number of nitrogens with one attached hydrogen (secondary N) is 3. The maximum absolute atomic E-state index is 12.6. The predicted octanol–water partition coefficient (Wildman–Crippen LogP) is 2.61. The maximum Gasteiger partial charge on any atom is 0.321 e. The molecule has 1 aromatic rings. The zero-order valence-corrected chi connectivity index (χ0v) is 16.1. The van der Waals surface area contributed by atoms with Crippen molar-refractivity contribution in [2.45, 2.75) is 39.2 Å². The molecule has 3 N–H and O–H groups in total. The average molecular weight is 381 g/mol. The van der Waals surface area contributed by atoms with Crippen LogP contribution in [0.25, 0.3) is 0 Å². The van der Waals surface area contributed by atoms with Gasteiger partial charge < -0.3 is 15.5 Å². The molecule has 1 saturated heterocycles. The first-order chi connectivity index (χ1) is 12.2. The molecule has 4 amide bonds. The fraction of sp³-hybridized carbons (Fsp3) is 0.500. The topological polar surface area (TPSA) is 90.5 Å². The Morgan fingerprint density at radius 2 is 1.81 bits per heavy atom. The molecule has 0 bridgehead atoms. The van der Waals surface area contributed by atoms with E-state index < -0.39 is 17.5 Å². The highest BCUT2D eigenvalue weighted by atomic mass is 35.5. The van der Waals surface area contributed by atoms with Gasteiger partial charge in [-0.3, -0.25) is 14.9 Å². The lowest BCUT2D eigenvalue weighted by atomic mass is 10.1. The number of hydrogen-bond acceptors (Lipinski definition) is 4. The minimum absolute atomic E-state index is 0.0902. The summed E-state index contributed by atoms with van der Waals surface area (Å²) in [4.78, 5) is 38.1. The molecule has 8 heteroatoms. The molecule has 1 aliphatic heterocycles. The van der Waals surface area contributed by atoms with Crippen LogP contribution in [-0.4, -0.2) is 47.9 Å². The van der Waals surface area contributed by atoms with Gasteiger partial charge in [0.1, 0.15) is 0 Å². The second kappa shape index (κ2) is 8.40. The van der Waals surface area contributed by atoms with Crippen molar-refractivity contribution >= 4 is 35.1 Å². The first-order valence-electron chi connectivity index (χ1n) is 8.60. The molecule has 0 spiro atoms. The van der Waals surface area contributed by atoms with Crippen LogP contribution in [0.5, 0.6) is 0 Å². The summed E-state index contributed by atoms with van der Waals surface area (Å²) in [7, 11) is 0. The van der Waals surface area contributed by atoms with E-state index in [9.17, 15) is 14.4 Å². The number of nitrogens with zero attached hydrogens (tertiary/aromatic N) is 1. The van der Waals surface area contributed by atoms with Gasteiger partial charge in [0, 0.05) is 29.3 Å². The van der Waals surface area contributed by atoms with E-state index in [2.05, 4.69) is 16.0 Å². The zero-order chi connectivity index (χ0) is 19.3. The van der Waals surface area contributed by atoms with Crippen LogP contribution < -0.4 is 16.0 Å². The first kappa shape index (κ1) is 20.0. The summed E-state index contributed by atoms with van der Waals surface area (Å²) < 4.78 is 0. The van der Waals surface area contributed by atoms with E-state index in [4.69, 9.17) is 11.6 Å². The van der Waals surface area contributed by atoms with Gasteiger partial charge in [0.2, 0.25) is 5.91 Å². The van der Waals surface area contributed by atoms with Crippen LogP contribution in [0.1, 0.15) is 44.0 Å². The molecule has 0 aliphatic carbocycles. The van der Waals surface area contributed by atoms with Crippen LogP contribution in [-0.2, 0) is 4.79 Å². The number of carbonyl (C=O) groups excluding carboxylic acids is 3. The molecular formula is C18H25ClN4O3. The number of amides is 4. The minimum Gasteiger partial charge on any atom is -0.375 e. The Balaban J connectivity index is 2.00. The molecule has 0 radical (unpaired) electrons. The molecular weight excluding hydrogens is 356 g/mol. The summed E-state index contributed by atoms with van der Waals surface area (Å²) in [5.74, 6) is -0.598. The lowest BCUT2D eigenvalue weighted by molar-refractivity contribution is -0.118. The summed E-state index contributed by atoms with van der Waals surface area (Å²) in [5.41, 5.74) is 0.490. The quantitative estimate of drug-likeness (QED) is 0.748. The number of carbonyl (C=O) groups is 3. The SMILES string of the molecule is CC(C)(C)NC(=O)NC(=O)CNc1cc(Cl)ccc1C(=O)N1CCCC1. The normalized spacial score (nSPS) is 14.1. The van der Waals surface area contributed by atoms with Crippen molar-refractivity contribution in [2.24, 2.45) is 0 Å². The smallest absolute Gasteiger partial charge is 0.321 e. The average Bonchev–Trinajstić information content (AvgIpc) is 3.05. The lowest BCUT2D eigenvalue weighted by Gasteiger charge is -2.21. The van der Waals surface area contributed by atoms with E-state index in [0.29, 0.717) is 16.3 Å². The molecule has 0 saturated carbocycles. The van der Waals surface area contributed by atoms with E-state index in [1.165, 1.54) is 0 Å². The molecule has 26 heavy (non-hydrogen) atoms. The summed E-state index contributed by atoms with van der Waals surface area (Å²) in [6, 6.07) is 4.33. The van der Waals surface area contributed by atoms with Crippen LogP contribution in [0.4, 0.5) is 10.5 Å². The van der Waals surface area contributed by atoms with Crippen molar-refractivity contribution < 1.29 is 14.4 Å². The van der Waals surface area contributed by atoms with Crippen LogP contribution in [0.15, 0.2) is 18.2 Å². The van der Waals surface area contributed by atoms with Crippen molar-refractivity contribution in [3.8, 4) is 0 Å². The van der Waals surface area contributed by atoms with Crippen molar-refractivity contribution in [2.75, 3.05) is 25.0 Å². The van der Waals surface area contributed by atoms with E-state index in [0.717, 1.165) is 25.9 Å². The summed E-state index contributed by atoms with van der Waals surface area (Å²) in [5, 5.41) is 8.25. The van der Waals surface area contributed by atoms with Crippen LogP contribution in [0, 0.1) is 0 Å². The summed E-state index contributed by atoms with van der Waals surface area (Å²) in [6.07, 6.45) is 1.99. The largest absolute Gasteiger partial charge is 0.375 e. The van der Waals surface area contributed by atoms with Crippen molar-refractivity contribution in [3.05, 3.63) is 28.8 Å². The summed E-state index contributed by atoms with van der Waals surface area (Å²) in [6.45, 7) is 6.76. The number of urea groups is 1. The second-order valence-corrected chi connectivity index (χ2v) is 7.73. The minimum atomic E-state index is -0.566. The van der Waals surface area contributed by atoms with Crippen LogP contribution >= 0.6 is 11.6 Å². The molecule has 1 aliphatic rings. The fourth-order valence-corrected chi connectivity index (χ4v) is 2.83. The number of imide groups is 1. The molecule has 7 nitrogen and oxygen atoms in total. The van der Waals surface area contributed by atoms with Crippen LogP contribution in [0.3, 0.4) is 0 Å². The Hall–Kier alpha value is -2.28. The molecule has 0 aromatic heterocycles. The highest BCUT2D eigenvalue weighted by molar-refractivity contribution is 6.31. The van der Waals surface area contributed by atoms with E-state index in [-0.39, 0.29) is 12.5 Å². The number of likely N-dealkylation sites (tertiary alicyclic amines) is 1. The zero-order valence-electron chi connectivity index (χ0n) is 15.3. The van der Waals surface area contributed by atoms with Gasteiger partial charge in [-0.1, -0.05) is 11.6 Å². The number of halogens is 1. The molecule has 0 unspecified atom stereocenters. The molecule has 1 heterocycles. The molecule has 1 aromatic carbocycles. The van der Waals surface area contributed by atoms with Gasteiger partial charge in [-0.05, 0) is 51.8 Å². The lowest BCUT2D eigenvalue weighted by Crippen LogP contribution is -2.49. The number of benzene rings is 1. The Morgan fingerprint density at radius 1 is 1.15 bits per heavy atom. The molecule has 0 atom stereocenters.